The lowest BCUT2D eigenvalue weighted by molar-refractivity contribution is 0.0471. The van der Waals surface area contributed by atoms with Crippen LogP contribution < -0.4 is 9.80 Å². The number of carbonyl (C=O) groups excluding carboxylic acids is 2. The number of carbonyl (C=O) groups is 2. The summed E-state index contributed by atoms with van der Waals surface area (Å²) in [4.78, 5) is 38.7. The molecule has 36 heavy (non-hydrogen) atoms. The third-order valence-electron chi connectivity index (χ3n) is 6.56. The molecular weight excluding hydrogens is 456 g/mol. The quantitative estimate of drug-likeness (QED) is 0.434. The Morgan fingerprint density at radius 2 is 1.11 bits per heavy atom. The molecule has 0 aliphatic carbocycles. The predicted molar refractivity (Wildman–Crippen MR) is 136 cm³/mol. The fourth-order valence-corrected chi connectivity index (χ4v) is 4.74. The first-order chi connectivity index (χ1) is 17.7. The van der Waals surface area contributed by atoms with Crippen molar-refractivity contribution in [1.29, 1.82) is 0 Å². The Morgan fingerprint density at radius 1 is 0.667 bits per heavy atom. The van der Waals surface area contributed by atoms with Gasteiger partial charge in [0.05, 0.1) is 0 Å². The van der Waals surface area contributed by atoms with Crippen LogP contribution in [0.25, 0.3) is 0 Å². The predicted octanol–water partition coefficient (Wildman–Crippen LogP) is 4.39. The number of hydrogen-bond donors (Lipinski definition) is 0. The number of rotatable bonds is 8. The summed E-state index contributed by atoms with van der Waals surface area (Å²) < 4.78 is 11.2. The molecule has 2 saturated heterocycles. The van der Waals surface area contributed by atoms with Gasteiger partial charge in [0.2, 0.25) is 0 Å². The summed E-state index contributed by atoms with van der Waals surface area (Å²) in [5, 5.41) is 0. The van der Waals surface area contributed by atoms with E-state index in [0.29, 0.717) is 22.8 Å². The fourth-order valence-electron chi connectivity index (χ4n) is 4.74. The van der Waals surface area contributed by atoms with Gasteiger partial charge in [0.1, 0.15) is 36.0 Å². The lowest BCUT2D eigenvalue weighted by Crippen LogP contribution is -2.22. The summed E-state index contributed by atoms with van der Waals surface area (Å²) in [7, 11) is 0. The summed E-state index contributed by atoms with van der Waals surface area (Å²) >= 11 is 0. The van der Waals surface area contributed by atoms with Gasteiger partial charge in [-0.15, -0.1) is 0 Å². The smallest absolute Gasteiger partial charge is 0.342 e. The molecule has 0 amide bonds. The molecule has 2 aliphatic rings. The van der Waals surface area contributed by atoms with Gasteiger partial charge in [-0.3, -0.25) is 0 Å². The van der Waals surface area contributed by atoms with E-state index in [1.165, 1.54) is 0 Å². The topological polar surface area (TPSA) is 84.9 Å². The van der Waals surface area contributed by atoms with Crippen LogP contribution in [-0.4, -0.2) is 48.1 Å². The Kier molecular flexibility index (Phi) is 7.40. The zero-order valence-electron chi connectivity index (χ0n) is 20.3. The van der Waals surface area contributed by atoms with Gasteiger partial charge < -0.3 is 19.3 Å². The number of esters is 2. The van der Waals surface area contributed by atoms with Gasteiger partial charge >= 0.3 is 11.9 Å². The third kappa shape index (κ3) is 5.48. The van der Waals surface area contributed by atoms with Crippen molar-refractivity contribution in [2.24, 2.45) is 0 Å². The van der Waals surface area contributed by atoms with Crippen molar-refractivity contribution in [3.8, 4) is 0 Å². The van der Waals surface area contributed by atoms with Crippen LogP contribution >= 0.6 is 0 Å². The standard InChI is InChI=1S/C28H30N4O4/c33-27(23-10-6-12-29-25(23)31-14-1-2-15-31)35-19-21-8-5-9-22(18-21)20-36-28(34)24-11-7-13-30-26(24)32-16-3-4-17-32/h5-13,18H,1-4,14-17,19-20H2. The largest absolute Gasteiger partial charge is 0.457 e. The lowest BCUT2D eigenvalue weighted by atomic mass is 10.1. The Bertz CT molecular complexity index is 1130. The molecule has 1 aromatic carbocycles. The molecule has 0 N–H and O–H groups in total. The molecule has 4 heterocycles. The number of anilines is 2. The van der Waals surface area contributed by atoms with Crippen LogP contribution in [0.2, 0.25) is 0 Å². The van der Waals surface area contributed by atoms with Gasteiger partial charge in [0.15, 0.2) is 0 Å². The summed E-state index contributed by atoms with van der Waals surface area (Å²) in [6.45, 7) is 3.84. The second-order valence-electron chi connectivity index (χ2n) is 9.11. The molecule has 0 radical (unpaired) electrons. The maximum atomic E-state index is 12.8. The number of ether oxygens (including phenoxy) is 2. The van der Waals surface area contributed by atoms with Gasteiger partial charge in [-0.1, -0.05) is 18.2 Å². The average Bonchev–Trinajstić information content (AvgIpc) is 3.66. The number of benzene rings is 1. The minimum atomic E-state index is -0.396. The highest BCUT2D eigenvalue weighted by molar-refractivity contribution is 5.95. The van der Waals surface area contributed by atoms with Crippen LogP contribution in [0.5, 0.6) is 0 Å². The van der Waals surface area contributed by atoms with E-state index in [4.69, 9.17) is 9.47 Å². The first-order valence-electron chi connectivity index (χ1n) is 12.5. The van der Waals surface area contributed by atoms with Crippen LogP contribution in [0.3, 0.4) is 0 Å². The molecule has 3 aromatic rings. The van der Waals surface area contributed by atoms with Crippen molar-refractivity contribution in [2.45, 2.75) is 38.9 Å². The van der Waals surface area contributed by atoms with E-state index in [1.54, 1.807) is 36.7 Å². The van der Waals surface area contributed by atoms with Gasteiger partial charge in [0, 0.05) is 38.6 Å². The van der Waals surface area contributed by atoms with E-state index < -0.39 is 11.9 Å². The van der Waals surface area contributed by atoms with Crippen LogP contribution in [0.15, 0.2) is 60.9 Å². The highest BCUT2D eigenvalue weighted by atomic mass is 16.5. The molecule has 8 nitrogen and oxygen atoms in total. The fraction of sp³-hybridized carbons (Fsp3) is 0.357. The third-order valence-corrected chi connectivity index (χ3v) is 6.56. The van der Waals surface area contributed by atoms with Gasteiger partial charge in [-0.2, -0.15) is 0 Å². The molecule has 2 aliphatic heterocycles. The van der Waals surface area contributed by atoms with Crippen LogP contribution in [0.4, 0.5) is 11.6 Å². The second kappa shape index (κ2) is 11.2. The summed E-state index contributed by atoms with van der Waals surface area (Å²) in [5.41, 5.74) is 2.61. The van der Waals surface area contributed by atoms with E-state index in [-0.39, 0.29) is 13.2 Å². The average molecular weight is 487 g/mol. The van der Waals surface area contributed by atoms with Crippen LogP contribution in [0.1, 0.15) is 57.5 Å². The molecule has 0 bridgehead atoms. The number of pyridine rings is 2. The van der Waals surface area contributed by atoms with E-state index in [0.717, 1.165) is 63.0 Å². The zero-order valence-corrected chi connectivity index (χ0v) is 20.3. The number of aromatic nitrogens is 2. The highest BCUT2D eigenvalue weighted by Crippen LogP contribution is 2.24. The van der Waals surface area contributed by atoms with Crippen molar-refractivity contribution in [3.05, 3.63) is 83.2 Å². The molecule has 0 saturated carbocycles. The molecule has 8 heteroatoms. The Balaban J connectivity index is 1.19. The van der Waals surface area contributed by atoms with Crippen molar-refractivity contribution in [2.75, 3.05) is 36.0 Å². The Labute approximate surface area is 210 Å². The normalized spacial score (nSPS) is 15.2. The van der Waals surface area contributed by atoms with E-state index in [2.05, 4.69) is 19.8 Å². The number of hydrogen-bond acceptors (Lipinski definition) is 8. The minimum absolute atomic E-state index is 0.122. The van der Waals surface area contributed by atoms with Crippen molar-refractivity contribution < 1.29 is 19.1 Å². The first-order valence-corrected chi connectivity index (χ1v) is 12.5. The van der Waals surface area contributed by atoms with Gasteiger partial charge in [-0.05, 0) is 67.1 Å². The van der Waals surface area contributed by atoms with Crippen molar-refractivity contribution in [1.82, 2.24) is 9.97 Å². The molecule has 0 spiro atoms. The lowest BCUT2D eigenvalue weighted by Gasteiger charge is -2.19. The zero-order chi connectivity index (χ0) is 24.7. The molecule has 5 rings (SSSR count). The summed E-state index contributed by atoms with van der Waals surface area (Å²) in [6, 6.07) is 14.5. The SMILES string of the molecule is O=C(OCc1cccc(COC(=O)c2cccnc2N2CCCC2)c1)c1cccnc1N1CCCC1. The molecule has 2 aromatic heterocycles. The summed E-state index contributed by atoms with van der Waals surface area (Å²) in [6.07, 6.45) is 7.81. The Morgan fingerprint density at radius 3 is 1.56 bits per heavy atom. The number of nitrogens with zero attached hydrogens (tertiary/aromatic N) is 4. The summed E-state index contributed by atoms with van der Waals surface area (Å²) in [5.74, 6) is 0.578. The van der Waals surface area contributed by atoms with Gasteiger partial charge in [-0.25, -0.2) is 19.6 Å². The maximum Gasteiger partial charge on any atom is 0.342 e. The second-order valence-corrected chi connectivity index (χ2v) is 9.11. The Hall–Kier alpha value is -3.94. The van der Waals surface area contributed by atoms with Crippen molar-refractivity contribution >= 4 is 23.6 Å². The molecule has 0 atom stereocenters. The minimum Gasteiger partial charge on any atom is -0.457 e. The first kappa shape index (κ1) is 23.8. The molecular formula is C28H30N4O4. The monoisotopic (exact) mass is 486 g/mol. The van der Waals surface area contributed by atoms with Crippen molar-refractivity contribution in [3.63, 3.8) is 0 Å². The van der Waals surface area contributed by atoms with Gasteiger partial charge in [0.25, 0.3) is 0 Å². The molecule has 186 valence electrons. The van der Waals surface area contributed by atoms with E-state index in [9.17, 15) is 9.59 Å². The van der Waals surface area contributed by atoms with Crippen LogP contribution in [0, 0.1) is 0 Å². The van der Waals surface area contributed by atoms with Crippen LogP contribution in [-0.2, 0) is 22.7 Å². The van der Waals surface area contributed by atoms with E-state index in [1.807, 2.05) is 24.3 Å². The van der Waals surface area contributed by atoms with E-state index >= 15 is 0 Å². The molecule has 2 fully saturated rings. The maximum absolute atomic E-state index is 12.8. The molecule has 0 unspecified atom stereocenters. The highest BCUT2D eigenvalue weighted by Gasteiger charge is 2.23.